The number of aryl methyl sites for hydroxylation is 1. The molecule has 3 heterocycles. The molecule has 0 saturated heterocycles. The summed E-state index contributed by atoms with van der Waals surface area (Å²) < 4.78 is 15.8. The Morgan fingerprint density at radius 2 is 1.97 bits per heavy atom. The molecule has 0 fully saturated rings. The van der Waals surface area contributed by atoms with Crippen LogP contribution in [0.3, 0.4) is 0 Å². The number of para-hydroxylation sites is 1. The van der Waals surface area contributed by atoms with Crippen LogP contribution in [0.15, 0.2) is 59.9 Å². The summed E-state index contributed by atoms with van der Waals surface area (Å²) in [6.07, 6.45) is 2.08. The minimum Gasteiger partial charge on any atom is -0.327 e. The number of nitrogens with zero attached hydrogens (tertiary/aromatic N) is 5. The van der Waals surface area contributed by atoms with E-state index in [0.29, 0.717) is 22.3 Å². The zero-order chi connectivity index (χ0) is 22.1. The average molecular weight is 465 g/mol. The van der Waals surface area contributed by atoms with Crippen LogP contribution in [0.25, 0.3) is 22.1 Å². The largest absolute Gasteiger partial charge is 0.327 e. The molecule has 32 heavy (non-hydrogen) atoms. The minimum atomic E-state index is -0.250. The van der Waals surface area contributed by atoms with E-state index in [4.69, 9.17) is 0 Å². The molecule has 10 heteroatoms. The second-order valence-corrected chi connectivity index (χ2v) is 9.14. The summed E-state index contributed by atoms with van der Waals surface area (Å²) in [5.74, 6) is -0.346. The first kappa shape index (κ1) is 20.5. The zero-order valence-corrected chi connectivity index (χ0v) is 18.6. The van der Waals surface area contributed by atoms with Gasteiger partial charge in [-0.05, 0) is 17.7 Å². The highest BCUT2D eigenvalue weighted by Crippen LogP contribution is 2.26. The maximum Gasteiger partial charge on any atom is 0.236 e. The summed E-state index contributed by atoms with van der Waals surface area (Å²) in [5, 5.41) is 13.2. The van der Waals surface area contributed by atoms with Crippen LogP contribution in [-0.2, 0) is 18.3 Å². The van der Waals surface area contributed by atoms with E-state index in [9.17, 15) is 9.18 Å². The van der Waals surface area contributed by atoms with E-state index in [-0.39, 0.29) is 17.5 Å². The third kappa shape index (κ3) is 4.06. The Labute approximate surface area is 190 Å². The summed E-state index contributed by atoms with van der Waals surface area (Å²) in [4.78, 5) is 22.0. The Bertz CT molecular complexity index is 1450. The number of carbonyl (C=O) groups is 1. The molecule has 0 saturated carbocycles. The molecule has 0 spiro atoms. The fourth-order valence-electron chi connectivity index (χ4n) is 3.42. The third-order valence-corrected chi connectivity index (χ3v) is 6.69. The number of fused-ring (bicyclic) bond motifs is 3. The zero-order valence-electron chi connectivity index (χ0n) is 16.9. The van der Waals surface area contributed by atoms with Crippen molar-refractivity contribution in [3.8, 4) is 0 Å². The number of thioether (sulfide) groups is 1. The topological polar surface area (TPSA) is 85.6 Å². The number of rotatable bonds is 6. The van der Waals surface area contributed by atoms with Crippen LogP contribution in [0, 0.1) is 5.82 Å². The molecule has 1 amide bonds. The maximum atomic E-state index is 13.8. The van der Waals surface area contributed by atoms with Crippen molar-refractivity contribution in [1.82, 2.24) is 24.7 Å². The Kier molecular flexibility index (Phi) is 5.54. The van der Waals surface area contributed by atoms with Gasteiger partial charge in [0.2, 0.25) is 11.1 Å². The van der Waals surface area contributed by atoms with Gasteiger partial charge in [0, 0.05) is 29.9 Å². The fourth-order valence-corrected chi connectivity index (χ4v) is 4.85. The SMILES string of the molecule is Cn1c2ccccc2c2nnc(SCC(=O)Nc3ncc(Cc4ccccc4F)s3)nc21. The highest BCUT2D eigenvalue weighted by molar-refractivity contribution is 7.99. The first-order chi connectivity index (χ1) is 15.6. The molecule has 0 unspecified atom stereocenters. The van der Waals surface area contributed by atoms with Crippen LogP contribution in [0.2, 0.25) is 0 Å². The molecule has 0 radical (unpaired) electrons. The van der Waals surface area contributed by atoms with E-state index < -0.39 is 0 Å². The van der Waals surface area contributed by atoms with Crippen molar-refractivity contribution >= 4 is 56.2 Å². The van der Waals surface area contributed by atoms with E-state index in [1.165, 1.54) is 29.2 Å². The number of hydrogen-bond acceptors (Lipinski definition) is 7. The summed E-state index contributed by atoms with van der Waals surface area (Å²) >= 11 is 2.54. The van der Waals surface area contributed by atoms with E-state index in [2.05, 4.69) is 25.5 Å². The molecule has 3 aromatic heterocycles. The summed E-state index contributed by atoms with van der Waals surface area (Å²) in [6, 6.07) is 14.5. The second-order valence-electron chi connectivity index (χ2n) is 7.08. The van der Waals surface area contributed by atoms with E-state index in [1.807, 2.05) is 35.9 Å². The average Bonchev–Trinajstić information content (AvgIpc) is 3.36. The Hall–Kier alpha value is -3.37. The third-order valence-electron chi connectivity index (χ3n) is 4.94. The molecule has 0 aliphatic rings. The van der Waals surface area contributed by atoms with Gasteiger partial charge in [-0.3, -0.25) is 4.79 Å². The molecular formula is C22H17FN6OS2. The maximum absolute atomic E-state index is 13.8. The van der Waals surface area contributed by atoms with Crippen molar-refractivity contribution in [3.63, 3.8) is 0 Å². The van der Waals surface area contributed by atoms with Crippen molar-refractivity contribution < 1.29 is 9.18 Å². The molecular weight excluding hydrogens is 447 g/mol. The number of aromatic nitrogens is 5. The Morgan fingerprint density at radius 3 is 2.84 bits per heavy atom. The molecule has 0 bridgehead atoms. The first-order valence-electron chi connectivity index (χ1n) is 9.77. The van der Waals surface area contributed by atoms with Gasteiger partial charge in [-0.1, -0.05) is 48.2 Å². The molecule has 5 rings (SSSR count). The van der Waals surface area contributed by atoms with Gasteiger partial charge in [-0.15, -0.1) is 21.5 Å². The lowest BCUT2D eigenvalue weighted by Gasteiger charge is -2.02. The molecule has 0 aliphatic carbocycles. The fraction of sp³-hybridized carbons (Fsp3) is 0.136. The van der Waals surface area contributed by atoms with Crippen LogP contribution < -0.4 is 5.32 Å². The van der Waals surface area contributed by atoms with E-state index in [1.54, 1.807) is 24.4 Å². The summed E-state index contributed by atoms with van der Waals surface area (Å²) in [6.45, 7) is 0. The van der Waals surface area contributed by atoms with Crippen molar-refractivity contribution in [1.29, 1.82) is 0 Å². The van der Waals surface area contributed by atoms with Crippen LogP contribution in [-0.4, -0.2) is 36.4 Å². The number of benzene rings is 2. The number of amides is 1. The molecule has 7 nitrogen and oxygen atoms in total. The summed E-state index contributed by atoms with van der Waals surface area (Å²) in [7, 11) is 1.93. The number of carbonyl (C=O) groups excluding carboxylic acids is 1. The highest BCUT2D eigenvalue weighted by atomic mass is 32.2. The van der Waals surface area contributed by atoms with Gasteiger partial charge in [-0.25, -0.2) is 14.4 Å². The van der Waals surface area contributed by atoms with Gasteiger partial charge in [0.15, 0.2) is 10.8 Å². The molecule has 1 N–H and O–H groups in total. The van der Waals surface area contributed by atoms with Crippen molar-refractivity contribution in [2.75, 3.05) is 11.1 Å². The van der Waals surface area contributed by atoms with Crippen LogP contribution in [0.1, 0.15) is 10.4 Å². The lowest BCUT2D eigenvalue weighted by atomic mass is 10.1. The highest BCUT2D eigenvalue weighted by Gasteiger charge is 2.14. The number of halogens is 1. The van der Waals surface area contributed by atoms with Crippen LogP contribution in [0.4, 0.5) is 9.52 Å². The second kappa shape index (κ2) is 8.64. The normalized spacial score (nSPS) is 11.3. The first-order valence-corrected chi connectivity index (χ1v) is 11.6. The van der Waals surface area contributed by atoms with Gasteiger partial charge < -0.3 is 9.88 Å². The van der Waals surface area contributed by atoms with Gasteiger partial charge in [0.1, 0.15) is 11.3 Å². The molecule has 2 aromatic carbocycles. The molecule has 160 valence electrons. The number of anilines is 1. The predicted molar refractivity (Wildman–Crippen MR) is 124 cm³/mol. The van der Waals surface area contributed by atoms with Gasteiger partial charge >= 0.3 is 0 Å². The van der Waals surface area contributed by atoms with Crippen molar-refractivity contribution in [2.45, 2.75) is 11.6 Å². The monoisotopic (exact) mass is 464 g/mol. The smallest absolute Gasteiger partial charge is 0.236 e. The number of thiazole rings is 1. The van der Waals surface area contributed by atoms with Gasteiger partial charge in [0.05, 0.1) is 11.3 Å². The minimum absolute atomic E-state index is 0.124. The lowest BCUT2D eigenvalue weighted by molar-refractivity contribution is -0.113. The summed E-state index contributed by atoms with van der Waals surface area (Å²) in [5.41, 5.74) is 3.08. The molecule has 5 aromatic rings. The number of hydrogen-bond donors (Lipinski definition) is 1. The standard InChI is InChI=1S/C22H17FN6OS2/c1-29-17-9-5-3-7-15(17)19-20(29)26-22(28-27-19)31-12-18(30)25-21-24-11-14(32-21)10-13-6-2-4-8-16(13)23/h2-9,11H,10,12H2,1H3,(H,24,25,30). The van der Waals surface area contributed by atoms with Crippen LogP contribution >= 0.6 is 23.1 Å². The molecule has 0 atom stereocenters. The lowest BCUT2D eigenvalue weighted by Crippen LogP contribution is -2.14. The van der Waals surface area contributed by atoms with Crippen LogP contribution in [0.5, 0.6) is 0 Å². The number of nitrogens with one attached hydrogen (secondary N) is 1. The Morgan fingerprint density at radius 1 is 1.16 bits per heavy atom. The van der Waals surface area contributed by atoms with E-state index >= 15 is 0 Å². The van der Waals surface area contributed by atoms with Gasteiger partial charge in [-0.2, -0.15) is 0 Å². The quantitative estimate of drug-likeness (QED) is 0.374. The predicted octanol–water partition coefficient (Wildman–Crippen LogP) is 4.43. The molecule has 0 aliphatic heterocycles. The van der Waals surface area contributed by atoms with Gasteiger partial charge in [0.25, 0.3) is 0 Å². The van der Waals surface area contributed by atoms with Crippen molar-refractivity contribution in [2.24, 2.45) is 7.05 Å². The van der Waals surface area contributed by atoms with E-state index in [0.717, 1.165) is 26.9 Å². The Balaban J connectivity index is 1.23. The van der Waals surface area contributed by atoms with Crippen molar-refractivity contribution in [3.05, 3.63) is 71.0 Å².